The molecule has 2 N–H and O–H groups in total. The van der Waals surface area contributed by atoms with Crippen LogP contribution in [-0.2, 0) is 0 Å². The second kappa shape index (κ2) is 6.37. The highest BCUT2D eigenvalue weighted by Crippen LogP contribution is 2.33. The molecular formula is C15H17BrO3. The number of halogens is 1. The lowest BCUT2D eigenvalue weighted by Gasteiger charge is -2.20. The Labute approximate surface area is 121 Å². The highest BCUT2D eigenvalue weighted by molar-refractivity contribution is 9.09. The molecule has 0 bridgehead atoms. The van der Waals surface area contributed by atoms with Crippen molar-refractivity contribution in [1.29, 1.82) is 0 Å². The van der Waals surface area contributed by atoms with Crippen molar-refractivity contribution in [3.8, 4) is 5.75 Å². The van der Waals surface area contributed by atoms with Gasteiger partial charge in [0.05, 0.1) is 13.2 Å². The maximum absolute atomic E-state index is 10.3. The molecule has 0 saturated heterocycles. The molecule has 0 saturated carbocycles. The Morgan fingerprint density at radius 1 is 1.11 bits per heavy atom. The Bertz CT molecular complexity index is 556. The lowest BCUT2D eigenvalue weighted by atomic mass is 9.96. The predicted octanol–water partition coefficient (Wildman–Crippen LogP) is 3.03. The highest BCUT2D eigenvalue weighted by atomic mass is 79.9. The molecule has 0 heterocycles. The third kappa shape index (κ3) is 2.91. The van der Waals surface area contributed by atoms with E-state index in [4.69, 9.17) is 4.74 Å². The van der Waals surface area contributed by atoms with E-state index in [1.165, 1.54) is 0 Å². The van der Waals surface area contributed by atoms with Gasteiger partial charge in [0.2, 0.25) is 0 Å². The van der Waals surface area contributed by atoms with Crippen molar-refractivity contribution < 1.29 is 14.9 Å². The summed E-state index contributed by atoms with van der Waals surface area (Å²) in [7, 11) is 1.62. The predicted molar refractivity (Wildman–Crippen MR) is 79.9 cm³/mol. The molecular weight excluding hydrogens is 308 g/mol. The Balaban J connectivity index is 2.50. The number of rotatable bonds is 5. The molecule has 0 amide bonds. The van der Waals surface area contributed by atoms with E-state index < -0.39 is 12.2 Å². The summed E-state index contributed by atoms with van der Waals surface area (Å²) in [5.74, 6) is 0.765. The smallest absolute Gasteiger partial charge is 0.126 e. The number of benzene rings is 2. The summed E-state index contributed by atoms with van der Waals surface area (Å²) in [5, 5.41) is 22.7. The van der Waals surface area contributed by atoms with Crippen LogP contribution in [0.25, 0.3) is 10.8 Å². The topological polar surface area (TPSA) is 49.7 Å². The van der Waals surface area contributed by atoms with Gasteiger partial charge < -0.3 is 14.9 Å². The van der Waals surface area contributed by atoms with Gasteiger partial charge in [-0.2, -0.15) is 0 Å². The van der Waals surface area contributed by atoms with Gasteiger partial charge in [0.25, 0.3) is 0 Å². The van der Waals surface area contributed by atoms with Gasteiger partial charge in [0, 0.05) is 10.7 Å². The van der Waals surface area contributed by atoms with Crippen molar-refractivity contribution in [2.45, 2.75) is 18.6 Å². The fourth-order valence-electron chi connectivity index (χ4n) is 2.21. The Morgan fingerprint density at radius 2 is 1.79 bits per heavy atom. The van der Waals surface area contributed by atoms with Crippen LogP contribution in [0.5, 0.6) is 5.75 Å². The monoisotopic (exact) mass is 324 g/mol. The lowest BCUT2D eigenvalue weighted by molar-refractivity contribution is 0.0182. The van der Waals surface area contributed by atoms with Crippen LogP contribution in [0.1, 0.15) is 18.1 Å². The largest absolute Gasteiger partial charge is 0.496 e. The molecule has 0 radical (unpaired) electrons. The number of methoxy groups -OCH3 is 1. The first-order chi connectivity index (χ1) is 9.19. The number of hydrogen-bond acceptors (Lipinski definition) is 3. The average Bonchev–Trinajstić information content (AvgIpc) is 2.45. The molecule has 0 aromatic heterocycles. The van der Waals surface area contributed by atoms with Crippen LogP contribution >= 0.6 is 15.9 Å². The van der Waals surface area contributed by atoms with E-state index in [-0.39, 0.29) is 0 Å². The third-order valence-electron chi connectivity index (χ3n) is 3.23. The van der Waals surface area contributed by atoms with E-state index >= 15 is 0 Å². The Morgan fingerprint density at radius 3 is 2.42 bits per heavy atom. The van der Waals surface area contributed by atoms with E-state index in [1.54, 1.807) is 7.11 Å². The van der Waals surface area contributed by atoms with E-state index in [2.05, 4.69) is 15.9 Å². The van der Waals surface area contributed by atoms with Gasteiger partial charge >= 0.3 is 0 Å². The fraction of sp³-hybridized carbons (Fsp3) is 0.333. The summed E-state index contributed by atoms with van der Waals surface area (Å²) in [6.45, 7) is 0. The quantitative estimate of drug-likeness (QED) is 0.831. The average molecular weight is 325 g/mol. The Hall–Kier alpha value is -1.10. The Kier molecular flexibility index (Phi) is 4.80. The molecule has 0 spiro atoms. The molecule has 0 aliphatic heterocycles. The maximum Gasteiger partial charge on any atom is 0.126 e. The fourth-order valence-corrected chi connectivity index (χ4v) is 2.68. The van der Waals surface area contributed by atoms with E-state index in [9.17, 15) is 10.2 Å². The standard InChI is InChI=1S/C15H17BrO3/c1-19-14-7-6-12(15(18)13(17)8-9-16)10-4-2-3-5-11(10)14/h2-7,13,15,17-18H,8-9H2,1H3. The first kappa shape index (κ1) is 14.3. The van der Waals surface area contributed by atoms with Crippen LogP contribution in [0.15, 0.2) is 36.4 Å². The summed E-state index contributed by atoms with van der Waals surface area (Å²) < 4.78 is 5.32. The molecule has 0 aliphatic rings. The number of hydrogen-bond donors (Lipinski definition) is 2. The number of ether oxygens (including phenoxy) is 1. The van der Waals surface area contributed by atoms with Crippen LogP contribution < -0.4 is 4.74 Å². The second-order valence-corrected chi connectivity index (χ2v) is 5.19. The molecule has 0 aliphatic carbocycles. The van der Waals surface area contributed by atoms with Gasteiger partial charge in [-0.1, -0.05) is 46.3 Å². The summed E-state index contributed by atoms with van der Waals surface area (Å²) in [5.41, 5.74) is 0.727. The lowest BCUT2D eigenvalue weighted by Crippen LogP contribution is -2.18. The molecule has 3 nitrogen and oxygen atoms in total. The van der Waals surface area contributed by atoms with Crippen LogP contribution in [0.2, 0.25) is 0 Å². The van der Waals surface area contributed by atoms with Crippen LogP contribution in [0.4, 0.5) is 0 Å². The minimum absolute atomic E-state index is 0.502. The van der Waals surface area contributed by atoms with Crippen molar-refractivity contribution in [3.05, 3.63) is 42.0 Å². The number of aliphatic hydroxyl groups is 2. The van der Waals surface area contributed by atoms with Gasteiger partial charge in [0.15, 0.2) is 0 Å². The van der Waals surface area contributed by atoms with Gasteiger partial charge in [-0.05, 0) is 23.4 Å². The zero-order chi connectivity index (χ0) is 13.8. The molecule has 2 aromatic carbocycles. The number of alkyl halides is 1. The van der Waals surface area contributed by atoms with Crippen LogP contribution in [0.3, 0.4) is 0 Å². The van der Waals surface area contributed by atoms with Gasteiger partial charge in [-0.25, -0.2) is 0 Å². The zero-order valence-corrected chi connectivity index (χ0v) is 12.3. The van der Waals surface area contributed by atoms with Crippen molar-refractivity contribution in [1.82, 2.24) is 0 Å². The first-order valence-electron chi connectivity index (χ1n) is 6.16. The zero-order valence-electron chi connectivity index (χ0n) is 10.7. The molecule has 102 valence electrons. The highest BCUT2D eigenvalue weighted by Gasteiger charge is 2.20. The van der Waals surface area contributed by atoms with Gasteiger partial charge in [-0.3, -0.25) is 0 Å². The van der Waals surface area contributed by atoms with Crippen molar-refractivity contribution in [2.75, 3.05) is 12.4 Å². The van der Waals surface area contributed by atoms with Crippen LogP contribution in [0, 0.1) is 0 Å². The summed E-state index contributed by atoms with van der Waals surface area (Å²) in [6, 6.07) is 11.3. The number of aliphatic hydroxyl groups excluding tert-OH is 2. The normalized spacial score (nSPS) is 14.3. The van der Waals surface area contributed by atoms with Gasteiger partial charge in [0.1, 0.15) is 11.9 Å². The summed E-state index contributed by atoms with van der Waals surface area (Å²) in [6.07, 6.45) is -1.17. The molecule has 2 rings (SSSR count). The minimum Gasteiger partial charge on any atom is -0.496 e. The molecule has 2 atom stereocenters. The SMILES string of the molecule is COc1ccc(C(O)C(O)CCBr)c2ccccc12. The third-order valence-corrected chi connectivity index (χ3v) is 3.68. The van der Waals surface area contributed by atoms with Gasteiger partial charge in [-0.15, -0.1) is 0 Å². The molecule has 2 aromatic rings. The molecule has 4 heteroatoms. The summed E-state index contributed by atoms with van der Waals surface area (Å²) >= 11 is 3.27. The second-order valence-electron chi connectivity index (χ2n) is 4.39. The molecule has 0 fully saturated rings. The van der Waals surface area contributed by atoms with Crippen molar-refractivity contribution >= 4 is 26.7 Å². The summed E-state index contributed by atoms with van der Waals surface area (Å²) in [4.78, 5) is 0. The van der Waals surface area contributed by atoms with E-state index in [1.807, 2.05) is 36.4 Å². The minimum atomic E-state index is -0.895. The number of fused-ring (bicyclic) bond motifs is 1. The van der Waals surface area contributed by atoms with E-state index in [0.717, 1.165) is 22.1 Å². The van der Waals surface area contributed by atoms with E-state index in [0.29, 0.717) is 11.8 Å². The van der Waals surface area contributed by atoms with Crippen molar-refractivity contribution in [3.63, 3.8) is 0 Å². The first-order valence-corrected chi connectivity index (χ1v) is 7.29. The maximum atomic E-state index is 10.3. The molecule has 2 unspecified atom stereocenters. The van der Waals surface area contributed by atoms with Crippen LogP contribution in [-0.4, -0.2) is 28.8 Å². The van der Waals surface area contributed by atoms with Crippen molar-refractivity contribution in [2.24, 2.45) is 0 Å². The molecule has 19 heavy (non-hydrogen) atoms.